The van der Waals surface area contributed by atoms with Crippen molar-refractivity contribution < 1.29 is 19.0 Å². The number of esters is 1. The molecule has 3 aromatic rings. The van der Waals surface area contributed by atoms with Crippen LogP contribution in [0.25, 0.3) is 28.7 Å². The van der Waals surface area contributed by atoms with E-state index in [0.717, 1.165) is 41.4 Å². The summed E-state index contributed by atoms with van der Waals surface area (Å²) < 4.78 is 21.3. The molecule has 2 aliphatic rings. The Labute approximate surface area is 217 Å². The van der Waals surface area contributed by atoms with Crippen LogP contribution in [-0.4, -0.2) is 45.9 Å². The quantitative estimate of drug-likeness (QED) is 0.418. The molecule has 0 spiro atoms. The largest absolute Gasteiger partial charge is 0.458 e. The second kappa shape index (κ2) is 10.9. The van der Waals surface area contributed by atoms with Gasteiger partial charge in [-0.05, 0) is 61.7 Å². The Morgan fingerprint density at radius 1 is 1.08 bits per heavy atom. The van der Waals surface area contributed by atoms with Crippen LogP contribution >= 0.6 is 0 Å². The molecule has 0 unspecified atom stereocenters. The lowest BCUT2D eigenvalue weighted by Gasteiger charge is -2.29. The Hall–Kier alpha value is -3.45. The molecule has 194 valence electrons. The number of ether oxygens (including phenoxy) is 1. The first-order chi connectivity index (χ1) is 17.9. The number of carbonyl (C=O) groups excluding carboxylic acids is 1. The maximum absolute atomic E-state index is 13.9. The number of cyclic esters (lactones) is 1. The Balaban J connectivity index is 1.62. The van der Waals surface area contributed by atoms with Gasteiger partial charge < -0.3 is 19.3 Å². The lowest BCUT2D eigenvalue weighted by atomic mass is 10.0. The van der Waals surface area contributed by atoms with Crippen molar-refractivity contribution in [3.8, 4) is 22.5 Å². The van der Waals surface area contributed by atoms with Crippen molar-refractivity contribution in [2.24, 2.45) is 0 Å². The Kier molecular flexibility index (Phi) is 7.42. The van der Waals surface area contributed by atoms with Crippen LogP contribution in [0.15, 0.2) is 54.6 Å². The second-order valence-corrected chi connectivity index (χ2v) is 10.3. The van der Waals surface area contributed by atoms with Gasteiger partial charge in [0.05, 0.1) is 23.9 Å². The van der Waals surface area contributed by atoms with Crippen molar-refractivity contribution in [3.63, 3.8) is 0 Å². The first-order valence-electron chi connectivity index (χ1n) is 13.2. The fraction of sp³-hybridized carbons (Fsp3) is 0.400. The van der Waals surface area contributed by atoms with Gasteiger partial charge in [0.1, 0.15) is 17.7 Å². The van der Waals surface area contributed by atoms with Gasteiger partial charge in [0, 0.05) is 48.4 Å². The van der Waals surface area contributed by atoms with Gasteiger partial charge in [-0.3, -0.25) is 4.79 Å². The summed E-state index contributed by atoms with van der Waals surface area (Å²) in [5, 5.41) is 10.0. The molecule has 0 saturated carbocycles. The van der Waals surface area contributed by atoms with E-state index in [9.17, 15) is 14.3 Å². The van der Waals surface area contributed by atoms with Crippen LogP contribution in [0.2, 0.25) is 0 Å². The van der Waals surface area contributed by atoms with Crippen molar-refractivity contribution in [1.82, 2.24) is 9.55 Å². The van der Waals surface area contributed by atoms with Crippen molar-refractivity contribution in [3.05, 3.63) is 66.2 Å². The van der Waals surface area contributed by atoms with Crippen LogP contribution in [0.3, 0.4) is 0 Å². The molecular weight excluding hydrogens is 469 g/mol. The zero-order chi connectivity index (χ0) is 25.9. The van der Waals surface area contributed by atoms with Gasteiger partial charge in [-0.1, -0.05) is 26.0 Å². The second-order valence-electron chi connectivity index (χ2n) is 10.3. The number of benzene rings is 2. The van der Waals surface area contributed by atoms with Gasteiger partial charge in [0.25, 0.3) is 0 Å². The van der Waals surface area contributed by atoms with Crippen molar-refractivity contribution >= 4 is 17.9 Å². The summed E-state index contributed by atoms with van der Waals surface area (Å²) >= 11 is 0. The highest BCUT2D eigenvalue weighted by molar-refractivity contribution is 5.82. The number of aliphatic hydroxyl groups is 1. The molecule has 0 radical (unpaired) electrons. The minimum atomic E-state index is -0.715. The molecule has 1 aromatic heterocycles. The number of rotatable bonds is 6. The zero-order valence-electron chi connectivity index (χ0n) is 21.4. The third-order valence-electron chi connectivity index (χ3n) is 7.05. The van der Waals surface area contributed by atoms with Crippen LogP contribution in [0.4, 0.5) is 10.1 Å². The number of nitrogens with zero attached hydrogens (tertiary/aromatic N) is 3. The summed E-state index contributed by atoms with van der Waals surface area (Å²) in [6.07, 6.45) is 6.47. The molecule has 2 aliphatic heterocycles. The van der Waals surface area contributed by atoms with Crippen molar-refractivity contribution in [1.29, 1.82) is 0 Å². The number of halogens is 1. The summed E-state index contributed by atoms with van der Waals surface area (Å²) in [6, 6.07) is 14.9. The van der Waals surface area contributed by atoms with Crippen LogP contribution in [0.5, 0.6) is 0 Å². The van der Waals surface area contributed by atoms with E-state index < -0.39 is 18.2 Å². The van der Waals surface area contributed by atoms with Gasteiger partial charge in [-0.2, -0.15) is 0 Å². The van der Waals surface area contributed by atoms with Gasteiger partial charge in [0.15, 0.2) is 0 Å². The topological polar surface area (TPSA) is 67.6 Å². The van der Waals surface area contributed by atoms with Gasteiger partial charge in [-0.25, -0.2) is 9.37 Å². The monoisotopic (exact) mass is 503 g/mol. The Morgan fingerprint density at radius 2 is 1.84 bits per heavy atom. The van der Waals surface area contributed by atoms with Crippen molar-refractivity contribution in [2.45, 2.75) is 64.1 Å². The highest BCUT2D eigenvalue weighted by atomic mass is 19.1. The lowest BCUT2D eigenvalue weighted by Crippen LogP contribution is -2.31. The maximum Gasteiger partial charge on any atom is 0.309 e. The van der Waals surface area contributed by atoms with Crippen LogP contribution < -0.4 is 4.90 Å². The SMILES string of the molecule is CC(C)c1nc(-c2cccc(N3CCCCC3)c2)c(-c2ccc(F)cc2)n1/C=C/[C@@H]1C[C@@H](O)CC(=O)O1. The first kappa shape index (κ1) is 25.2. The Morgan fingerprint density at radius 3 is 2.54 bits per heavy atom. The average molecular weight is 504 g/mol. The summed E-state index contributed by atoms with van der Waals surface area (Å²) in [6.45, 7) is 6.27. The molecule has 3 heterocycles. The average Bonchev–Trinajstić information content (AvgIpc) is 3.28. The van der Waals surface area contributed by atoms with E-state index in [1.54, 1.807) is 18.2 Å². The lowest BCUT2D eigenvalue weighted by molar-refractivity contribution is -0.156. The number of aliphatic hydroxyl groups excluding tert-OH is 1. The van der Waals surface area contributed by atoms with E-state index in [-0.39, 0.29) is 18.2 Å². The van der Waals surface area contributed by atoms with E-state index in [1.165, 1.54) is 37.1 Å². The maximum atomic E-state index is 13.9. The smallest absolute Gasteiger partial charge is 0.309 e. The predicted octanol–water partition coefficient (Wildman–Crippen LogP) is 6.01. The molecule has 37 heavy (non-hydrogen) atoms. The minimum absolute atomic E-state index is 0.0188. The van der Waals surface area contributed by atoms with Gasteiger partial charge in [-0.15, -0.1) is 0 Å². The predicted molar refractivity (Wildman–Crippen MR) is 144 cm³/mol. The highest BCUT2D eigenvalue weighted by Gasteiger charge is 2.26. The summed E-state index contributed by atoms with van der Waals surface area (Å²) in [7, 11) is 0. The van der Waals surface area contributed by atoms with Crippen LogP contribution in [0.1, 0.15) is 57.7 Å². The van der Waals surface area contributed by atoms with Crippen LogP contribution in [0, 0.1) is 5.82 Å². The molecule has 1 N–H and O–H groups in total. The fourth-order valence-corrected chi connectivity index (χ4v) is 5.20. The first-order valence-corrected chi connectivity index (χ1v) is 13.2. The molecule has 2 saturated heterocycles. The standard InChI is InChI=1S/C30H34FN3O3/c1-20(2)30-32-28(22-7-6-8-24(17-22)33-14-4-3-5-15-33)29(21-9-11-23(31)12-10-21)34(30)16-13-26-18-25(35)19-27(36)37-26/h6-13,16-17,20,25-26,35H,3-5,14-15,18-19H2,1-2H3/b16-13+/t25-,26-/m1/s1. The summed E-state index contributed by atoms with van der Waals surface area (Å²) in [4.78, 5) is 19.4. The van der Waals surface area contributed by atoms with E-state index in [0.29, 0.717) is 6.42 Å². The van der Waals surface area contributed by atoms with Crippen molar-refractivity contribution in [2.75, 3.05) is 18.0 Å². The third kappa shape index (κ3) is 5.62. The van der Waals surface area contributed by atoms with E-state index >= 15 is 0 Å². The molecule has 7 heteroatoms. The number of hydrogen-bond donors (Lipinski definition) is 1. The molecule has 5 rings (SSSR count). The fourth-order valence-electron chi connectivity index (χ4n) is 5.20. The summed E-state index contributed by atoms with van der Waals surface area (Å²) in [5.74, 6) is 0.238. The molecule has 0 bridgehead atoms. The number of aromatic nitrogens is 2. The van der Waals surface area contributed by atoms with Gasteiger partial charge in [0.2, 0.25) is 0 Å². The normalized spacial score (nSPS) is 20.6. The molecule has 0 amide bonds. The molecule has 2 atom stereocenters. The number of anilines is 1. The Bertz CT molecular complexity index is 1280. The molecule has 2 aromatic carbocycles. The number of carbonyl (C=O) groups is 1. The number of hydrogen-bond acceptors (Lipinski definition) is 5. The van der Waals surface area contributed by atoms with E-state index in [4.69, 9.17) is 9.72 Å². The van der Waals surface area contributed by atoms with E-state index in [2.05, 4.69) is 43.0 Å². The highest BCUT2D eigenvalue weighted by Crippen LogP contribution is 2.37. The zero-order valence-corrected chi connectivity index (χ0v) is 21.4. The molecule has 2 fully saturated rings. The minimum Gasteiger partial charge on any atom is -0.458 e. The molecule has 6 nitrogen and oxygen atoms in total. The van der Waals surface area contributed by atoms with Crippen LogP contribution in [-0.2, 0) is 9.53 Å². The molecule has 0 aliphatic carbocycles. The number of imidazole rings is 1. The van der Waals surface area contributed by atoms with E-state index in [1.807, 2.05) is 10.8 Å². The third-order valence-corrected chi connectivity index (χ3v) is 7.05. The number of piperidine rings is 1. The molecular formula is C30H34FN3O3. The van der Waals surface area contributed by atoms with Gasteiger partial charge >= 0.3 is 5.97 Å². The summed E-state index contributed by atoms with van der Waals surface area (Å²) in [5.41, 5.74) is 4.68.